The second kappa shape index (κ2) is 8.76. The van der Waals surface area contributed by atoms with Crippen LogP contribution in [0, 0.1) is 0 Å². The second-order valence-electron chi connectivity index (χ2n) is 7.34. The summed E-state index contributed by atoms with van der Waals surface area (Å²) in [6.45, 7) is 1.61. The Morgan fingerprint density at radius 3 is 2.66 bits per heavy atom. The van der Waals surface area contributed by atoms with Crippen LogP contribution in [0.5, 0.6) is 0 Å². The summed E-state index contributed by atoms with van der Waals surface area (Å²) in [4.78, 5) is 22.8. The lowest BCUT2D eigenvalue weighted by atomic mass is 10.0. The fourth-order valence-corrected chi connectivity index (χ4v) is 3.81. The Kier molecular flexibility index (Phi) is 6.03. The van der Waals surface area contributed by atoms with Crippen molar-refractivity contribution in [2.45, 2.75) is 12.2 Å². The van der Waals surface area contributed by atoms with Crippen LogP contribution in [0.3, 0.4) is 0 Å². The minimum Gasteiger partial charge on any atom is -0.383 e. The maximum atomic E-state index is 13.7. The third-order valence-corrected chi connectivity index (χ3v) is 5.44. The summed E-state index contributed by atoms with van der Waals surface area (Å²) in [5.41, 5.74) is 4.68. The fraction of sp³-hybridized carbons (Fsp3) is 0.227. The van der Waals surface area contributed by atoms with Gasteiger partial charge in [0.1, 0.15) is 17.3 Å². The molecule has 0 spiro atoms. The number of alkyl halides is 3. The van der Waals surface area contributed by atoms with Gasteiger partial charge in [-0.2, -0.15) is 13.2 Å². The zero-order valence-corrected chi connectivity index (χ0v) is 17.5. The normalized spacial score (nSPS) is 16.8. The molecule has 1 aromatic carbocycles. The molecule has 0 bridgehead atoms. The van der Waals surface area contributed by atoms with Gasteiger partial charge in [-0.3, -0.25) is 4.79 Å². The van der Waals surface area contributed by atoms with Crippen LogP contribution < -0.4 is 16.0 Å². The number of hydrogen-bond acceptors (Lipinski definition) is 6. The first-order valence-corrected chi connectivity index (χ1v) is 10.2. The van der Waals surface area contributed by atoms with Crippen molar-refractivity contribution >= 4 is 29.0 Å². The number of nitrogen functional groups attached to an aromatic ring is 1. The average Bonchev–Trinajstić information content (AvgIpc) is 2.80. The number of nitrogens with one attached hydrogen (secondary N) is 1. The minimum absolute atomic E-state index is 0.0269. The van der Waals surface area contributed by atoms with E-state index in [0.29, 0.717) is 19.6 Å². The number of aromatic nitrogens is 2. The SMILES string of the molecule is Nc1ncc(Cl)cc1C(=O)c1nc(N2CCNC(c3ccccc3)C2)ccc1C(F)(F)F. The van der Waals surface area contributed by atoms with Gasteiger partial charge >= 0.3 is 6.18 Å². The van der Waals surface area contributed by atoms with Crippen LogP contribution in [0.15, 0.2) is 54.7 Å². The Morgan fingerprint density at radius 2 is 1.94 bits per heavy atom. The lowest BCUT2D eigenvalue weighted by Crippen LogP contribution is -2.46. The standard InChI is InChI=1S/C22H19ClF3N5O/c23-14-10-15(21(27)29-11-14)20(32)19-16(22(24,25)26)6-7-18(30-19)31-9-8-28-17(12-31)13-4-2-1-3-5-13/h1-7,10-11,17,28H,8-9,12H2,(H2,27,29). The van der Waals surface area contributed by atoms with Crippen molar-refractivity contribution in [1.29, 1.82) is 0 Å². The molecule has 10 heteroatoms. The first-order chi connectivity index (χ1) is 15.2. The van der Waals surface area contributed by atoms with Gasteiger partial charge in [-0.1, -0.05) is 41.9 Å². The maximum Gasteiger partial charge on any atom is 0.418 e. The molecule has 3 heterocycles. The quantitative estimate of drug-likeness (QED) is 0.569. The highest BCUT2D eigenvalue weighted by molar-refractivity contribution is 6.31. The largest absolute Gasteiger partial charge is 0.418 e. The van der Waals surface area contributed by atoms with Crippen molar-refractivity contribution in [2.24, 2.45) is 0 Å². The van der Waals surface area contributed by atoms with Crippen LogP contribution in [0.1, 0.15) is 33.2 Å². The minimum atomic E-state index is -4.77. The highest BCUT2D eigenvalue weighted by Gasteiger charge is 2.37. The van der Waals surface area contributed by atoms with Crippen LogP contribution in [0.25, 0.3) is 0 Å². The summed E-state index contributed by atoms with van der Waals surface area (Å²) < 4.78 is 41.0. The van der Waals surface area contributed by atoms with Crippen molar-refractivity contribution in [3.05, 3.63) is 82.1 Å². The molecule has 0 radical (unpaired) electrons. The van der Waals surface area contributed by atoms with Crippen molar-refractivity contribution in [3.8, 4) is 0 Å². The molecule has 0 amide bonds. The smallest absolute Gasteiger partial charge is 0.383 e. The third kappa shape index (κ3) is 4.53. The highest BCUT2D eigenvalue weighted by Crippen LogP contribution is 2.34. The number of hydrogen-bond donors (Lipinski definition) is 2. The number of rotatable bonds is 4. The van der Waals surface area contributed by atoms with E-state index in [-0.39, 0.29) is 28.3 Å². The number of benzene rings is 1. The maximum absolute atomic E-state index is 13.7. The van der Waals surface area contributed by atoms with E-state index in [2.05, 4.69) is 15.3 Å². The summed E-state index contributed by atoms with van der Waals surface area (Å²) in [6.07, 6.45) is -3.56. The first-order valence-electron chi connectivity index (χ1n) is 9.81. The van der Waals surface area contributed by atoms with Crippen molar-refractivity contribution in [1.82, 2.24) is 15.3 Å². The molecular formula is C22H19ClF3N5O. The summed E-state index contributed by atoms with van der Waals surface area (Å²) in [7, 11) is 0. The van der Waals surface area contributed by atoms with Gasteiger partial charge in [0.15, 0.2) is 0 Å². The van der Waals surface area contributed by atoms with E-state index >= 15 is 0 Å². The zero-order chi connectivity index (χ0) is 22.9. The molecule has 4 rings (SSSR count). The lowest BCUT2D eigenvalue weighted by Gasteiger charge is -2.35. The molecule has 166 valence electrons. The van der Waals surface area contributed by atoms with E-state index in [1.54, 1.807) is 0 Å². The number of halogens is 4. The molecule has 3 N–H and O–H groups in total. The predicted molar refractivity (Wildman–Crippen MR) is 116 cm³/mol. The fourth-order valence-electron chi connectivity index (χ4n) is 3.65. The van der Waals surface area contributed by atoms with Gasteiger partial charge in [0, 0.05) is 31.9 Å². The zero-order valence-electron chi connectivity index (χ0n) is 16.7. The lowest BCUT2D eigenvalue weighted by molar-refractivity contribution is -0.138. The van der Waals surface area contributed by atoms with E-state index in [0.717, 1.165) is 11.6 Å². The molecule has 6 nitrogen and oxygen atoms in total. The van der Waals surface area contributed by atoms with Gasteiger partial charge in [0.05, 0.1) is 16.1 Å². The number of carbonyl (C=O) groups excluding carboxylic acids is 1. The predicted octanol–water partition coefficient (Wildman–Crippen LogP) is 4.11. The molecule has 0 saturated carbocycles. The molecule has 3 aromatic rings. The number of nitrogens with zero attached hydrogens (tertiary/aromatic N) is 3. The topological polar surface area (TPSA) is 84.1 Å². The van der Waals surface area contributed by atoms with Crippen LogP contribution in [0.4, 0.5) is 24.8 Å². The third-order valence-electron chi connectivity index (χ3n) is 5.23. The first kappa shape index (κ1) is 22.0. The van der Waals surface area contributed by atoms with Gasteiger partial charge in [0.2, 0.25) is 5.78 Å². The van der Waals surface area contributed by atoms with Crippen molar-refractivity contribution in [2.75, 3.05) is 30.3 Å². The van der Waals surface area contributed by atoms with Gasteiger partial charge in [-0.25, -0.2) is 9.97 Å². The molecule has 32 heavy (non-hydrogen) atoms. The van der Waals surface area contributed by atoms with E-state index in [4.69, 9.17) is 17.3 Å². The number of piperazine rings is 1. The van der Waals surface area contributed by atoms with Crippen LogP contribution >= 0.6 is 11.6 Å². The Hall–Kier alpha value is -3.17. The van der Waals surface area contributed by atoms with E-state index in [9.17, 15) is 18.0 Å². The molecule has 1 aliphatic rings. The molecule has 1 fully saturated rings. The van der Waals surface area contributed by atoms with E-state index in [1.807, 2.05) is 35.2 Å². The van der Waals surface area contributed by atoms with Crippen molar-refractivity contribution in [3.63, 3.8) is 0 Å². The molecule has 1 saturated heterocycles. The highest BCUT2D eigenvalue weighted by atomic mass is 35.5. The van der Waals surface area contributed by atoms with Gasteiger partial charge < -0.3 is 16.0 Å². The van der Waals surface area contributed by atoms with Crippen molar-refractivity contribution < 1.29 is 18.0 Å². The van der Waals surface area contributed by atoms with Gasteiger partial charge in [-0.15, -0.1) is 0 Å². The Balaban J connectivity index is 1.72. The molecule has 1 aliphatic heterocycles. The molecular weight excluding hydrogens is 443 g/mol. The summed E-state index contributed by atoms with van der Waals surface area (Å²) in [5.74, 6) is -0.926. The summed E-state index contributed by atoms with van der Waals surface area (Å²) in [6, 6.07) is 13.0. The number of carbonyl (C=O) groups is 1. The molecule has 0 aliphatic carbocycles. The van der Waals surface area contributed by atoms with Crippen LogP contribution in [-0.2, 0) is 6.18 Å². The average molecular weight is 462 g/mol. The number of pyridine rings is 2. The van der Waals surface area contributed by atoms with Crippen LogP contribution in [0.2, 0.25) is 5.02 Å². The monoisotopic (exact) mass is 461 g/mol. The van der Waals surface area contributed by atoms with Gasteiger partial charge in [0.25, 0.3) is 0 Å². The number of ketones is 1. The second-order valence-corrected chi connectivity index (χ2v) is 7.78. The summed E-state index contributed by atoms with van der Waals surface area (Å²) in [5, 5.41) is 3.48. The summed E-state index contributed by atoms with van der Waals surface area (Å²) >= 11 is 5.88. The Labute approximate surface area is 187 Å². The molecule has 1 unspecified atom stereocenters. The molecule has 2 aromatic heterocycles. The van der Waals surface area contributed by atoms with E-state index < -0.39 is 23.2 Å². The number of anilines is 2. The Bertz CT molecular complexity index is 1140. The van der Waals surface area contributed by atoms with Crippen LogP contribution in [-0.4, -0.2) is 35.4 Å². The van der Waals surface area contributed by atoms with E-state index in [1.165, 1.54) is 18.3 Å². The molecule has 1 atom stereocenters. The Morgan fingerprint density at radius 1 is 1.19 bits per heavy atom. The van der Waals surface area contributed by atoms with Gasteiger partial charge in [-0.05, 0) is 23.8 Å². The number of nitrogens with two attached hydrogens (primary N) is 1.